The Balaban J connectivity index is 2.27. The normalized spacial score (nSPS) is 11.8. The number of halogens is 1. The van der Waals surface area contributed by atoms with Gasteiger partial charge in [-0.25, -0.2) is 4.39 Å². The van der Waals surface area contributed by atoms with Gasteiger partial charge in [-0.05, 0) is 23.1 Å². The molecule has 2 rings (SSSR count). The van der Waals surface area contributed by atoms with E-state index in [-0.39, 0.29) is 0 Å². The predicted molar refractivity (Wildman–Crippen MR) is 61.5 cm³/mol. The van der Waals surface area contributed by atoms with E-state index in [1.807, 2.05) is 6.07 Å². The van der Waals surface area contributed by atoms with Gasteiger partial charge in [0.15, 0.2) is 0 Å². The number of hydrogen-bond acceptors (Lipinski definition) is 4. The fourth-order valence-corrected chi connectivity index (χ4v) is 2.04. The van der Waals surface area contributed by atoms with Gasteiger partial charge in [0, 0.05) is 12.4 Å². The van der Waals surface area contributed by atoms with E-state index in [1.54, 1.807) is 24.0 Å². The maximum atomic E-state index is 12.8. The highest BCUT2D eigenvalue weighted by Crippen LogP contribution is 2.26. The van der Waals surface area contributed by atoms with Crippen LogP contribution >= 0.6 is 11.3 Å². The van der Waals surface area contributed by atoms with E-state index in [2.05, 4.69) is 9.97 Å². The fourth-order valence-electron chi connectivity index (χ4n) is 1.21. The Morgan fingerprint density at radius 1 is 1.50 bits per heavy atom. The van der Waals surface area contributed by atoms with Gasteiger partial charge in [0.2, 0.25) is 0 Å². The van der Waals surface area contributed by atoms with Gasteiger partial charge in [-0.3, -0.25) is 9.97 Å². The maximum Gasteiger partial charge on any atom is 0.126 e. The number of hydrogen-bond donors (Lipinski definition) is 1. The van der Waals surface area contributed by atoms with Crippen LogP contribution in [0.1, 0.15) is 5.56 Å². The summed E-state index contributed by atoms with van der Waals surface area (Å²) >= 11 is 1.46. The van der Waals surface area contributed by atoms with Crippen LogP contribution in [0.4, 0.5) is 4.39 Å². The van der Waals surface area contributed by atoms with E-state index in [0.29, 0.717) is 0 Å². The molecule has 0 amide bonds. The molecule has 0 saturated heterocycles. The summed E-state index contributed by atoms with van der Waals surface area (Å²) in [6.45, 7) is -0.573. The molecule has 0 aromatic carbocycles. The lowest BCUT2D eigenvalue weighted by Gasteiger charge is -1.92. The molecule has 0 fully saturated rings. The van der Waals surface area contributed by atoms with Gasteiger partial charge in [-0.1, -0.05) is 0 Å². The zero-order chi connectivity index (χ0) is 11.4. The van der Waals surface area contributed by atoms with E-state index < -0.39 is 12.4 Å². The Morgan fingerprint density at radius 2 is 2.38 bits per heavy atom. The third-order valence-electron chi connectivity index (χ3n) is 1.91. The topological polar surface area (TPSA) is 46.0 Å². The van der Waals surface area contributed by atoms with Crippen molar-refractivity contribution in [2.24, 2.45) is 0 Å². The Bertz CT molecular complexity index is 496. The molecule has 1 N–H and O–H groups in total. The third kappa shape index (κ3) is 2.50. The van der Waals surface area contributed by atoms with Crippen LogP contribution in [-0.4, -0.2) is 21.7 Å². The molecule has 0 saturated carbocycles. The van der Waals surface area contributed by atoms with Crippen LogP contribution < -0.4 is 0 Å². The van der Waals surface area contributed by atoms with Gasteiger partial charge < -0.3 is 5.11 Å². The molecule has 82 valence electrons. The average molecular weight is 236 g/mol. The molecule has 2 heterocycles. The molecule has 2 aromatic rings. The maximum absolute atomic E-state index is 12.8. The zero-order valence-electron chi connectivity index (χ0n) is 8.30. The second kappa shape index (κ2) is 4.96. The van der Waals surface area contributed by atoms with Crippen molar-refractivity contribution in [3.8, 4) is 10.6 Å². The Kier molecular flexibility index (Phi) is 3.38. The first-order valence-corrected chi connectivity index (χ1v) is 5.49. The standard InChI is InChI=1S/C11H9FN2OS/c12-9(6-15)3-8-4-11(16-7-8)10-5-13-1-2-14-10/h1-5,7,15H,6H2/b9-3-. The van der Waals surface area contributed by atoms with Gasteiger partial charge in [0.25, 0.3) is 0 Å². The summed E-state index contributed by atoms with van der Waals surface area (Å²) < 4.78 is 12.8. The van der Waals surface area contributed by atoms with Gasteiger partial charge in [0.05, 0.1) is 23.4 Å². The molecule has 0 aliphatic heterocycles. The monoisotopic (exact) mass is 236 g/mol. The minimum atomic E-state index is -0.573. The molecule has 0 radical (unpaired) electrons. The first-order chi connectivity index (χ1) is 7.79. The highest BCUT2D eigenvalue weighted by molar-refractivity contribution is 7.13. The molecule has 0 unspecified atom stereocenters. The van der Waals surface area contributed by atoms with Crippen molar-refractivity contribution in [2.45, 2.75) is 0 Å². The molecular weight excluding hydrogens is 227 g/mol. The fraction of sp³-hybridized carbons (Fsp3) is 0.0909. The second-order valence-electron chi connectivity index (χ2n) is 3.08. The van der Waals surface area contributed by atoms with Crippen molar-refractivity contribution >= 4 is 17.4 Å². The van der Waals surface area contributed by atoms with Crippen LogP contribution in [0, 0.1) is 0 Å². The summed E-state index contributed by atoms with van der Waals surface area (Å²) in [7, 11) is 0. The Morgan fingerprint density at radius 3 is 3.06 bits per heavy atom. The van der Waals surface area contributed by atoms with Crippen LogP contribution in [-0.2, 0) is 0 Å². The van der Waals surface area contributed by atoms with Crippen LogP contribution in [0.15, 0.2) is 35.9 Å². The SMILES string of the molecule is OC/C(F)=C/c1csc(-c2cnccn2)c1. The van der Waals surface area contributed by atoms with Gasteiger partial charge in [-0.2, -0.15) is 0 Å². The first-order valence-electron chi connectivity index (χ1n) is 4.61. The molecule has 0 bridgehead atoms. The molecule has 5 heteroatoms. The molecule has 0 spiro atoms. The molecular formula is C11H9FN2OS. The summed E-state index contributed by atoms with van der Waals surface area (Å²) in [6, 6.07) is 1.81. The van der Waals surface area contributed by atoms with E-state index in [4.69, 9.17) is 5.11 Å². The van der Waals surface area contributed by atoms with E-state index in [1.165, 1.54) is 17.4 Å². The second-order valence-corrected chi connectivity index (χ2v) is 4.00. The number of nitrogens with zero attached hydrogens (tertiary/aromatic N) is 2. The summed E-state index contributed by atoms with van der Waals surface area (Å²) in [5, 5.41) is 10.4. The number of thiophene rings is 1. The lowest BCUT2D eigenvalue weighted by atomic mass is 10.2. The van der Waals surface area contributed by atoms with Gasteiger partial charge in [0.1, 0.15) is 5.83 Å². The summed E-state index contributed by atoms with van der Waals surface area (Å²) in [5.74, 6) is -0.552. The summed E-state index contributed by atoms with van der Waals surface area (Å²) in [6.07, 6.45) is 6.17. The molecule has 0 aliphatic rings. The van der Waals surface area contributed by atoms with Crippen LogP contribution in [0.5, 0.6) is 0 Å². The Labute approximate surface area is 95.9 Å². The summed E-state index contributed by atoms with van der Waals surface area (Å²) in [4.78, 5) is 9.03. The highest BCUT2D eigenvalue weighted by atomic mass is 32.1. The quantitative estimate of drug-likeness (QED) is 0.890. The van der Waals surface area contributed by atoms with Crippen molar-refractivity contribution in [3.05, 3.63) is 41.4 Å². The first kappa shape index (κ1) is 10.9. The number of rotatable bonds is 3. The summed E-state index contributed by atoms with van der Waals surface area (Å²) in [5.41, 5.74) is 1.48. The molecule has 0 aliphatic carbocycles. The largest absolute Gasteiger partial charge is 0.389 e. The van der Waals surface area contributed by atoms with Crippen molar-refractivity contribution in [1.82, 2.24) is 9.97 Å². The van der Waals surface area contributed by atoms with Crippen molar-refractivity contribution in [3.63, 3.8) is 0 Å². The van der Waals surface area contributed by atoms with E-state index in [9.17, 15) is 4.39 Å². The number of aromatic nitrogens is 2. The predicted octanol–water partition coefficient (Wildman–Crippen LogP) is 2.51. The lowest BCUT2D eigenvalue weighted by molar-refractivity contribution is 0.300. The molecule has 0 atom stereocenters. The highest BCUT2D eigenvalue weighted by Gasteiger charge is 2.03. The molecule has 2 aromatic heterocycles. The zero-order valence-corrected chi connectivity index (χ0v) is 9.12. The number of aliphatic hydroxyl groups excluding tert-OH is 1. The number of aliphatic hydroxyl groups is 1. The van der Waals surface area contributed by atoms with Crippen molar-refractivity contribution < 1.29 is 9.50 Å². The average Bonchev–Trinajstić information content (AvgIpc) is 2.78. The minimum Gasteiger partial charge on any atom is -0.389 e. The van der Waals surface area contributed by atoms with Crippen LogP contribution in [0.3, 0.4) is 0 Å². The van der Waals surface area contributed by atoms with Crippen molar-refractivity contribution in [1.29, 1.82) is 0 Å². The Hall–Kier alpha value is -1.59. The van der Waals surface area contributed by atoms with E-state index in [0.717, 1.165) is 16.1 Å². The van der Waals surface area contributed by atoms with E-state index >= 15 is 0 Å². The van der Waals surface area contributed by atoms with Crippen molar-refractivity contribution in [2.75, 3.05) is 6.61 Å². The van der Waals surface area contributed by atoms with Crippen LogP contribution in [0.2, 0.25) is 0 Å². The minimum absolute atomic E-state index is 0.552. The molecule has 3 nitrogen and oxygen atoms in total. The smallest absolute Gasteiger partial charge is 0.126 e. The third-order valence-corrected chi connectivity index (χ3v) is 2.88. The van der Waals surface area contributed by atoms with Crippen LogP contribution in [0.25, 0.3) is 16.6 Å². The van der Waals surface area contributed by atoms with Gasteiger partial charge >= 0.3 is 0 Å². The molecule has 16 heavy (non-hydrogen) atoms. The lowest BCUT2D eigenvalue weighted by Crippen LogP contribution is -1.81. The van der Waals surface area contributed by atoms with Gasteiger partial charge in [-0.15, -0.1) is 11.3 Å².